The molecule has 0 aliphatic heterocycles. The van der Waals surface area contributed by atoms with Crippen molar-refractivity contribution < 1.29 is 4.98 Å². The van der Waals surface area contributed by atoms with Crippen LogP contribution in [0.15, 0.2) is 42.7 Å². The van der Waals surface area contributed by atoms with Gasteiger partial charge in [-0.25, -0.2) is 4.98 Å². The van der Waals surface area contributed by atoms with Crippen molar-refractivity contribution in [3.63, 3.8) is 0 Å². The summed E-state index contributed by atoms with van der Waals surface area (Å²) >= 11 is 0. The van der Waals surface area contributed by atoms with Gasteiger partial charge in [-0.05, 0) is 24.3 Å². The van der Waals surface area contributed by atoms with Crippen molar-refractivity contribution in [2.24, 2.45) is 0 Å². The Morgan fingerprint density at radius 2 is 2.08 bits per heavy atom. The number of aromatic amines is 2. The lowest BCUT2D eigenvalue weighted by Crippen LogP contribution is -2.00. The fourth-order valence-corrected chi connectivity index (χ4v) is 1.73. The van der Waals surface area contributed by atoms with Crippen molar-refractivity contribution >= 4 is 21.8 Å². The van der Waals surface area contributed by atoms with E-state index >= 15 is 0 Å². The number of H-pyrrole nitrogens is 2. The number of aromatic nitrogens is 2. The fraction of sp³-hybridized carbons (Fsp3) is 0. The van der Waals surface area contributed by atoms with E-state index in [1.54, 1.807) is 0 Å². The molecule has 2 aromatic heterocycles. The van der Waals surface area contributed by atoms with Gasteiger partial charge in [0.1, 0.15) is 0 Å². The minimum absolute atomic E-state index is 1.18. The van der Waals surface area contributed by atoms with Gasteiger partial charge in [-0.2, -0.15) is 0 Å². The van der Waals surface area contributed by atoms with Gasteiger partial charge in [-0.3, -0.25) is 0 Å². The van der Waals surface area contributed by atoms with Crippen molar-refractivity contribution in [3.8, 4) is 0 Å². The summed E-state index contributed by atoms with van der Waals surface area (Å²) in [5.41, 5.74) is 2.37. The summed E-state index contributed by atoms with van der Waals surface area (Å²) in [4.78, 5) is 6.45. The maximum absolute atomic E-state index is 3.26. The summed E-state index contributed by atoms with van der Waals surface area (Å²) in [6.07, 6.45) is 3.92. The second-order valence-electron chi connectivity index (χ2n) is 3.14. The molecule has 13 heavy (non-hydrogen) atoms. The van der Waals surface area contributed by atoms with Crippen molar-refractivity contribution in [1.29, 1.82) is 0 Å². The van der Waals surface area contributed by atoms with Crippen molar-refractivity contribution in [3.05, 3.63) is 42.7 Å². The van der Waals surface area contributed by atoms with Gasteiger partial charge in [0.25, 0.3) is 0 Å². The first-order valence-corrected chi connectivity index (χ1v) is 4.32. The maximum Gasteiger partial charge on any atom is 0.220 e. The van der Waals surface area contributed by atoms with Crippen LogP contribution in [0.25, 0.3) is 21.8 Å². The summed E-state index contributed by atoms with van der Waals surface area (Å²) in [6, 6.07) is 10.4. The molecule has 0 spiro atoms. The molecule has 0 saturated carbocycles. The van der Waals surface area contributed by atoms with E-state index < -0.39 is 0 Å². The van der Waals surface area contributed by atoms with Crippen molar-refractivity contribution in [2.45, 2.75) is 0 Å². The standard InChI is InChI=1S/C11H8N2/c1-2-8-3-4-10-9(5-7-12-10)11(8)13-6-1/h1-7,12H/p+1. The van der Waals surface area contributed by atoms with Crippen molar-refractivity contribution in [2.75, 3.05) is 0 Å². The van der Waals surface area contributed by atoms with Crippen LogP contribution in [0.2, 0.25) is 0 Å². The Morgan fingerprint density at radius 3 is 3.08 bits per heavy atom. The van der Waals surface area contributed by atoms with Gasteiger partial charge in [-0.15, -0.1) is 0 Å². The molecule has 2 heteroatoms. The number of pyridine rings is 1. The largest absolute Gasteiger partial charge is 0.361 e. The van der Waals surface area contributed by atoms with Crippen LogP contribution in [0.1, 0.15) is 0 Å². The molecule has 3 aromatic rings. The van der Waals surface area contributed by atoms with E-state index in [0.717, 1.165) is 0 Å². The third kappa shape index (κ3) is 0.855. The molecule has 0 atom stereocenters. The highest BCUT2D eigenvalue weighted by molar-refractivity contribution is 6.01. The summed E-state index contributed by atoms with van der Waals surface area (Å²) in [5, 5.41) is 2.49. The van der Waals surface area contributed by atoms with Crippen LogP contribution >= 0.6 is 0 Å². The van der Waals surface area contributed by atoms with Gasteiger partial charge < -0.3 is 4.98 Å². The molecule has 1 aromatic carbocycles. The monoisotopic (exact) mass is 169 g/mol. The van der Waals surface area contributed by atoms with Crippen LogP contribution in [0.3, 0.4) is 0 Å². The molecule has 3 rings (SSSR count). The third-order valence-electron chi connectivity index (χ3n) is 2.37. The number of hydrogen-bond acceptors (Lipinski definition) is 0. The number of benzene rings is 1. The summed E-state index contributed by atoms with van der Waals surface area (Å²) in [5.74, 6) is 0. The normalized spacial score (nSPS) is 11.1. The predicted octanol–water partition coefficient (Wildman–Crippen LogP) is 2.14. The fourth-order valence-electron chi connectivity index (χ4n) is 1.73. The molecule has 0 saturated heterocycles. The molecule has 2 N–H and O–H groups in total. The number of fused-ring (bicyclic) bond motifs is 3. The van der Waals surface area contributed by atoms with Gasteiger partial charge in [0, 0.05) is 17.6 Å². The Balaban J connectivity index is 2.65. The lowest BCUT2D eigenvalue weighted by Gasteiger charge is -1.91. The summed E-state index contributed by atoms with van der Waals surface area (Å²) in [7, 11) is 0. The third-order valence-corrected chi connectivity index (χ3v) is 2.37. The van der Waals surface area contributed by atoms with E-state index in [2.05, 4.69) is 34.2 Å². The molecular weight excluding hydrogens is 160 g/mol. The number of nitrogens with one attached hydrogen (secondary N) is 2. The zero-order valence-electron chi connectivity index (χ0n) is 7.04. The number of hydrogen-bond donors (Lipinski definition) is 1. The van der Waals surface area contributed by atoms with Gasteiger partial charge in [-0.1, -0.05) is 0 Å². The van der Waals surface area contributed by atoms with E-state index in [0.29, 0.717) is 0 Å². The molecule has 0 radical (unpaired) electrons. The van der Waals surface area contributed by atoms with E-state index in [1.807, 2.05) is 18.5 Å². The predicted molar refractivity (Wildman–Crippen MR) is 52.4 cm³/mol. The van der Waals surface area contributed by atoms with Gasteiger partial charge in [0.15, 0.2) is 6.20 Å². The Morgan fingerprint density at radius 1 is 1.08 bits per heavy atom. The van der Waals surface area contributed by atoms with Crippen LogP contribution in [0, 0.1) is 0 Å². The smallest absolute Gasteiger partial charge is 0.220 e. The molecule has 0 bridgehead atoms. The molecule has 0 aliphatic carbocycles. The van der Waals surface area contributed by atoms with Crippen LogP contribution in [-0.4, -0.2) is 4.98 Å². The van der Waals surface area contributed by atoms with Gasteiger partial charge in [0.2, 0.25) is 5.52 Å². The first-order chi connectivity index (χ1) is 6.45. The van der Waals surface area contributed by atoms with Crippen LogP contribution in [-0.2, 0) is 0 Å². The Kier molecular flexibility index (Phi) is 1.19. The highest BCUT2D eigenvalue weighted by Crippen LogP contribution is 2.19. The quantitative estimate of drug-likeness (QED) is 0.534. The number of rotatable bonds is 0. The lowest BCUT2D eigenvalue weighted by atomic mass is 10.1. The zero-order valence-corrected chi connectivity index (χ0v) is 7.04. The molecule has 62 valence electrons. The second kappa shape index (κ2) is 2.33. The molecular formula is C11H9N2+. The first-order valence-electron chi connectivity index (χ1n) is 4.32. The molecule has 0 fully saturated rings. The Hall–Kier alpha value is -1.83. The topological polar surface area (TPSA) is 29.9 Å². The first kappa shape index (κ1) is 6.66. The van der Waals surface area contributed by atoms with Gasteiger partial charge >= 0.3 is 0 Å². The zero-order chi connectivity index (χ0) is 8.67. The summed E-state index contributed by atoms with van der Waals surface area (Å²) < 4.78 is 0. The lowest BCUT2D eigenvalue weighted by molar-refractivity contribution is -0.343. The maximum atomic E-state index is 3.26. The molecule has 0 amide bonds. The SMILES string of the molecule is c1c[nH+]c2c(c1)ccc1[nH]ccc12. The van der Waals surface area contributed by atoms with E-state index in [-0.39, 0.29) is 0 Å². The van der Waals surface area contributed by atoms with E-state index in [1.165, 1.54) is 21.8 Å². The van der Waals surface area contributed by atoms with E-state index in [9.17, 15) is 0 Å². The van der Waals surface area contributed by atoms with Crippen molar-refractivity contribution in [1.82, 2.24) is 4.98 Å². The van der Waals surface area contributed by atoms with Crippen LogP contribution in [0.5, 0.6) is 0 Å². The average Bonchev–Trinajstić information content (AvgIpc) is 2.65. The Bertz CT molecular complexity index is 566. The highest BCUT2D eigenvalue weighted by atomic mass is 14.7. The summed E-state index contributed by atoms with van der Waals surface area (Å²) in [6.45, 7) is 0. The highest BCUT2D eigenvalue weighted by Gasteiger charge is 2.04. The molecule has 0 unspecified atom stereocenters. The van der Waals surface area contributed by atoms with E-state index in [4.69, 9.17) is 0 Å². The second-order valence-corrected chi connectivity index (χ2v) is 3.14. The Labute approximate surface area is 75.2 Å². The molecule has 2 heterocycles. The molecule has 2 nitrogen and oxygen atoms in total. The minimum atomic E-state index is 1.18. The molecule has 0 aliphatic rings. The van der Waals surface area contributed by atoms with Gasteiger partial charge in [0.05, 0.1) is 10.9 Å². The van der Waals surface area contributed by atoms with Crippen LogP contribution in [0.4, 0.5) is 0 Å². The van der Waals surface area contributed by atoms with Crippen LogP contribution < -0.4 is 4.98 Å². The average molecular weight is 169 g/mol. The minimum Gasteiger partial charge on any atom is -0.361 e.